The Bertz CT molecular complexity index is 246. The SMILES string of the molecule is CCCCCC(CC(=O)O)N(CC)NC(N)=O. The van der Waals surface area contributed by atoms with Gasteiger partial charge in [-0.1, -0.05) is 33.1 Å². The third kappa shape index (κ3) is 7.57. The molecule has 0 aliphatic carbocycles. The lowest BCUT2D eigenvalue weighted by Gasteiger charge is -2.29. The van der Waals surface area contributed by atoms with E-state index in [9.17, 15) is 9.59 Å². The van der Waals surface area contributed by atoms with Crippen molar-refractivity contribution in [3.05, 3.63) is 0 Å². The average Bonchev–Trinajstić information content (AvgIpc) is 2.24. The van der Waals surface area contributed by atoms with Crippen molar-refractivity contribution < 1.29 is 14.7 Å². The molecule has 17 heavy (non-hydrogen) atoms. The maximum Gasteiger partial charge on any atom is 0.326 e. The van der Waals surface area contributed by atoms with Crippen LogP contribution < -0.4 is 11.2 Å². The molecule has 0 aromatic carbocycles. The molecule has 4 N–H and O–H groups in total. The van der Waals surface area contributed by atoms with E-state index in [1.807, 2.05) is 6.92 Å². The number of carboxylic acid groups (broad SMARTS) is 1. The van der Waals surface area contributed by atoms with Crippen LogP contribution in [0.15, 0.2) is 0 Å². The van der Waals surface area contributed by atoms with Gasteiger partial charge < -0.3 is 10.8 Å². The van der Waals surface area contributed by atoms with E-state index in [4.69, 9.17) is 10.8 Å². The Balaban J connectivity index is 4.38. The van der Waals surface area contributed by atoms with Crippen LogP contribution in [0.3, 0.4) is 0 Å². The number of aliphatic carboxylic acids is 1. The van der Waals surface area contributed by atoms with Gasteiger partial charge in [-0.25, -0.2) is 9.80 Å². The first kappa shape index (κ1) is 15.7. The number of carbonyl (C=O) groups is 2. The number of nitrogens with two attached hydrogens (primary N) is 1. The fraction of sp³-hybridized carbons (Fsp3) is 0.818. The van der Waals surface area contributed by atoms with E-state index in [0.717, 1.165) is 25.7 Å². The van der Waals surface area contributed by atoms with Gasteiger partial charge in [-0.3, -0.25) is 10.2 Å². The molecular weight excluding hydrogens is 222 g/mol. The van der Waals surface area contributed by atoms with E-state index in [2.05, 4.69) is 12.3 Å². The molecule has 0 fully saturated rings. The number of hydrogen-bond donors (Lipinski definition) is 3. The topological polar surface area (TPSA) is 95.7 Å². The summed E-state index contributed by atoms with van der Waals surface area (Å²) in [6, 6.07) is -0.853. The molecule has 0 aliphatic rings. The Morgan fingerprint density at radius 3 is 2.41 bits per heavy atom. The molecule has 0 aromatic rings. The summed E-state index contributed by atoms with van der Waals surface area (Å²) < 4.78 is 0. The predicted molar refractivity (Wildman–Crippen MR) is 65.3 cm³/mol. The standard InChI is InChI=1S/C11H23N3O3/c1-3-5-6-7-9(8-10(15)16)14(4-2)13-11(12)17/h9H,3-8H2,1-2H3,(H,15,16)(H3,12,13,17). The van der Waals surface area contributed by atoms with E-state index in [1.165, 1.54) is 0 Å². The second-order valence-electron chi connectivity index (χ2n) is 4.01. The van der Waals surface area contributed by atoms with Crippen LogP contribution in [0, 0.1) is 0 Å². The Kier molecular flexibility index (Phi) is 8.13. The molecule has 0 aromatic heterocycles. The van der Waals surface area contributed by atoms with Crippen molar-refractivity contribution in [3.8, 4) is 0 Å². The summed E-state index contributed by atoms with van der Waals surface area (Å²) >= 11 is 0. The van der Waals surface area contributed by atoms with Crippen LogP contribution in [-0.4, -0.2) is 34.7 Å². The molecule has 2 amide bonds. The van der Waals surface area contributed by atoms with Gasteiger partial charge in [0.25, 0.3) is 0 Å². The molecule has 0 rings (SSSR count). The molecule has 6 nitrogen and oxygen atoms in total. The van der Waals surface area contributed by atoms with Crippen LogP contribution in [0.4, 0.5) is 4.79 Å². The van der Waals surface area contributed by atoms with Crippen molar-refractivity contribution in [1.82, 2.24) is 10.4 Å². The van der Waals surface area contributed by atoms with E-state index in [0.29, 0.717) is 6.54 Å². The van der Waals surface area contributed by atoms with Crippen LogP contribution in [0.25, 0.3) is 0 Å². The quantitative estimate of drug-likeness (QED) is 0.421. The third-order valence-electron chi connectivity index (χ3n) is 2.59. The number of carboxylic acids is 1. The molecule has 0 radical (unpaired) electrons. The van der Waals surface area contributed by atoms with E-state index >= 15 is 0 Å². The highest BCUT2D eigenvalue weighted by atomic mass is 16.4. The van der Waals surface area contributed by atoms with Crippen LogP contribution in [0.5, 0.6) is 0 Å². The predicted octanol–water partition coefficient (Wildman–Crippen LogP) is 1.32. The number of primary amides is 1. The van der Waals surface area contributed by atoms with Gasteiger partial charge in [-0.15, -0.1) is 0 Å². The number of rotatable bonds is 9. The number of nitrogens with one attached hydrogen (secondary N) is 1. The van der Waals surface area contributed by atoms with Crippen molar-refractivity contribution in [2.75, 3.05) is 6.54 Å². The van der Waals surface area contributed by atoms with Crippen molar-refractivity contribution >= 4 is 12.0 Å². The smallest absolute Gasteiger partial charge is 0.326 e. The summed E-state index contributed by atoms with van der Waals surface area (Å²) in [4.78, 5) is 21.6. The lowest BCUT2D eigenvalue weighted by atomic mass is 10.1. The third-order valence-corrected chi connectivity index (χ3v) is 2.59. The van der Waals surface area contributed by atoms with Gasteiger partial charge in [0.05, 0.1) is 6.42 Å². The minimum atomic E-state index is -0.865. The zero-order valence-corrected chi connectivity index (χ0v) is 10.6. The second kappa shape index (κ2) is 8.81. The Hall–Kier alpha value is -1.30. The van der Waals surface area contributed by atoms with Crippen LogP contribution in [0.1, 0.15) is 46.0 Å². The molecule has 0 spiro atoms. The van der Waals surface area contributed by atoms with E-state index < -0.39 is 12.0 Å². The number of carbonyl (C=O) groups excluding carboxylic acids is 1. The van der Waals surface area contributed by atoms with Gasteiger partial charge in [0.1, 0.15) is 0 Å². The normalized spacial score (nSPS) is 12.4. The molecule has 1 atom stereocenters. The Morgan fingerprint density at radius 1 is 1.35 bits per heavy atom. The summed E-state index contributed by atoms with van der Waals surface area (Å²) in [6.07, 6.45) is 3.84. The number of hydrazine groups is 1. The average molecular weight is 245 g/mol. The first-order valence-electron chi connectivity index (χ1n) is 6.05. The van der Waals surface area contributed by atoms with E-state index in [-0.39, 0.29) is 12.5 Å². The summed E-state index contributed by atoms with van der Waals surface area (Å²) in [5.74, 6) is -0.865. The van der Waals surface area contributed by atoms with Gasteiger partial charge in [0, 0.05) is 12.6 Å². The minimum absolute atomic E-state index is 0.0117. The zero-order chi connectivity index (χ0) is 13.3. The maximum absolute atomic E-state index is 10.8. The van der Waals surface area contributed by atoms with Crippen LogP contribution in [-0.2, 0) is 4.79 Å². The summed E-state index contributed by atoms with van der Waals surface area (Å²) in [5.41, 5.74) is 7.52. The molecular formula is C11H23N3O3. The number of amides is 2. The molecule has 0 saturated carbocycles. The zero-order valence-electron chi connectivity index (χ0n) is 10.6. The highest BCUT2D eigenvalue weighted by Crippen LogP contribution is 2.12. The first-order chi connectivity index (χ1) is 8.01. The molecule has 0 saturated heterocycles. The summed E-state index contributed by atoms with van der Waals surface area (Å²) in [6.45, 7) is 4.48. The van der Waals surface area contributed by atoms with Crippen molar-refractivity contribution in [1.29, 1.82) is 0 Å². The van der Waals surface area contributed by atoms with Gasteiger partial charge >= 0.3 is 12.0 Å². The maximum atomic E-state index is 10.8. The molecule has 100 valence electrons. The van der Waals surface area contributed by atoms with Crippen LogP contribution in [0.2, 0.25) is 0 Å². The number of urea groups is 1. The molecule has 0 bridgehead atoms. The largest absolute Gasteiger partial charge is 0.481 e. The molecule has 6 heteroatoms. The lowest BCUT2D eigenvalue weighted by Crippen LogP contribution is -2.51. The lowest BCUT2D eigenvalue weighted by molar-refractivity contribution is -0.138. The Labute approximate surface area is 102 Å². The van der Waals surface area contributed by atoms with Crippen molar-refractivity contribution in [3.63, 3.8) is 0 Å². The number of nitrogens with zero attached hydrogens (tertiary/aromatic N) is 1. The number of unbranched alkanes of at least 4 members (excludes halogenated alkanes) is 2. The van der Waals surface area contributed by atoms with Gasteiger partial charge in [-0.05, 0) is 6.42 Å². The van der Waals surface area contributed by atoms with E-state index in [1.54, 1.807) is 5.01 Å². The van der Waals surface area contributed by atoms with Crippen molar-refractivity contribution in [2.24, 2.45) is 5.73 Å². The summed E-state index contributed by atoms with van der Waals surface area (Å²) in [7, 11) is 0. The van der Waals surface area contributed by atoms with Gasteiger partial charge in [0.2, 0.25) is 0 Å². The van der Waals surface area contributed by atoms with Gasteiger partial charge in [0.15, 0.2) is 0 Å². The highest BCUT2D eigenvalue weighted by Gasteiger charge is 2.20. The minimum Gasteiger partial charge on any atom is -0.481 e. The highest BCUT2D eigenvalue weighted by molar-refractivity contribution is 5.71. The summed E-state index contributed by atoms with van der Waals surface area (Å²) in [5, 5.41) is 10.5. The van der Waals surface area contributed by atoms with Crippen molar-refractivity contribution in [2.45, 2.75) is 52.0 Å². The Morgan fingerprint density at radius 2 is 2.00 bits per heavy atom. The monoisotopic (exact) mass is 245 g/mol. The van der Waals surface area contributed by atoms with Gasteiger partial charge in [-0.2, -0.15) is 0 Å². The second-order valence-corrected chi connectivity index (χ2v) is 4.01. The fourth-order valence-corrected chi connectivity index (χ4v) is 1.77. The fourth-order valence-electron chi connectivity index (χ4n) is 1.77. The van der Waals surface area contributed by atoms with Crippen LogP contribution >= 0.6 is 0 Å². The first-order valence-corrected chi connectivity index (χ1v) is 6.05. The molecule has 1 unspecified atom stereocenters. The molecule has 0 aliphatic heterocycles. The molecule has 0 heterocycles. The number of hydrogen-bond acceptors (Lipinski definition) is 3.